The highest BCUT2D eigenvalue weighted by Crippen LogP contribution is 2.51. The molecule has 298 valence electrons. The van der Waals surface area contributed by atoms with Gasteiger partial charge in [-0.1, -0.05) is 47.5 Å². The Morgan fingerprint density at radius 1 is 0.965 bits per heavy atom. The molecule has 0 N–H and O–H groups in total. The summed E-state index contributed by atoms with van der Waals surface area (Å²) in [5.74, 6) is 2.12. The Labute approximate surface area is 341 Å². The maximum atomic E-state index is 17.3. The van der Waals surface area contributed by atoms with E-state index in [1.807, 2.05) is 94.1 Å². The van der Waals surface area contributed by atoms with Crippen LogP contribution < -0.4 is 24.0 Å². The van der Waals surface area contributed by atoms with E-state index in [-0.39, 0.29) is 56.8 Å². The molecular weight excluding hydrogens is 770 g/mol. The number of ether oxygens (including phenoxy) is 4. The quantitative estimate of drug-likeness (QED) is 0.151. The number of rotatable bonds is 8. The second-order valence-corrected chi connectivity index (χ2v) is 16.7. The van der Waals surface area contributed by atoms with E-state index in [0.29, 0.717) is 42.2 Å². The zero-order valence-corrected chi connectivity index (χ0v) is 34.5. The van der Waals surface area contributed by atoms with Crippen LogP contribution in [0.1, 0.15) is 57.2 Å². The fourth-order valence-corrected chi connectivity index (χ4v) is 8.95. The Morgan fingerprint density at radius 3 is 2.19 bits per heavy atom. The number of anilines is 2. The van der Waals surface area contributed by atoms with Crippen molar-refractivity contribution in [2.45, 2.75) is 90.4 Å². The first kappa shape index (κ1) is 38.8. The molecule has 2 aromatic heterocycles. The highest BCUT2D eigenvalue weighted by atomic mass is 35.5. The number of halogens is 3. The number of pyridine rings is 1. The molecule has 2 saturated heterocycles. The van der Waals surface area contributed by atoms with E-state index < -0.39 is 17.5 Å². The Balaban J connectivity index is 1.23. The first-order valence-corrected chi connectivity index (χ1v) is 19.8. The molecule has 0 aliphatic carbocycles. The topological polar surface area (TPSA) is 102 Å². The third-order valence-electron chi connectivity index (χ3n) is 11.0. The van der Waals surface area contributed by atoms with Gasteiger partial charge in [-0.05, 0) is 94.5 Å². The van der Waals surface area contributed by atoms with Gasteiger partial charge < -0.3 is 28.7 Å². The molecular formula is C43H45Cl2FN6O5. The van der Waals surface area contributed by atoms with Crippen molar-refractivity contribution in [3.8, 4) is 28.5 Å². The number of carbonyl (C=O) groups is 1. The van der Waals surface area contributed by atoms with Crippen LogP contribution in [0.4, 0.5) is 20.8 Å². The van der Waals surface area contributed by atoms with Crippen LogP contribution in [0.2, 0.25) is 10.0 Å². The minimum atomic E-state index is -0.685. The van der Waals surface area contributed by atoms with E-state index in [0.717, 1.165) is 35.5 Å². The summed E-state index contributed by atoms with van der Waals surface area (Å²) in [6, 6.07) is 16.9. The van der Waals surface area contributed by atoms with Gasteiger partial charge in [-0.3, -0.25) is 4.90 Å². The lowest BCUT2D eigenvalue weighted by Crippen LogP contribution is -2.65. The molecule has 3 aromatic carbocycles. The molecule has 4 atom stereocenters. The summed E-state index contributed by atoms with van der Waals surface area (Å²) in [5, 5.41) is 0.631. The second kappa shape index (κ2) is 15.0. The summed E-state index contributed by atoms with van der Waals surface area (Å²) in [7, 11) is 3.26. The van der Waals surface area contributed by atoms with E-state index in [2.05, 4.69) is 14.8 Å². The van der Waals surface area contributed by atoms with Crippen LogP contribution in [-0.4, -0.2) is 76.5 Å². The highest BCUT2D eigenvalue weighted by molar-refractivity contribution is 6.38. The number of amides is 1. The molecule has 3 aliphatic rings. The molecule has 3 aliphatic heterocycles. The van der Waals surface area contributed by atoms with Gasteiger partial charge in [0.2, 0.25) is 0 Å². The summed E-state index contributed by atoms with van der Waals surface area (Å²) in [4.78, 5) is 33.9. The van der Waals surface area contributed by atoms with E-state index in [4.69, 9.17) is 52.1 Å². The lowest BCUT2D eigenvalue weighted by Gasteiger charge is -2.48. The maximum absolute atomic E-state index is 17.3. The van der Waals surface area contributed by atoms with Crippen LogP contribution in [0.25, 0.3) is 22.2 Å². The zero-order chi connectivity index (χ0) is 40.3. The Bertz CT molecular complexity index is 2290. The van der Waals surface area contributed by atoms with Gasteiger partial charge in [0.1, 0.15) is 46.7 Å². The average Bonchev–Trinajstić information content (AvgIpc) is 3.43. The highest BCUT2D eigenvalue weighted by Gasteiger charge is 2.53. The van der Waals surface area contributed by atoms with Crippen molar-refractivity contribution < 1.29 is 28.1 Å². The minimum absolute atomic E-state index is 0.0136. The van der Waals surface area contributed by atoms with Crippen molar-refractivity contribution in [1.82, 2.24) is 19.9 Å². The molecule has 2 fully saturated rings. The molecule has 0 saturated carbocycles. The second-order valence-electron chi connectivity index (χ2n) is 15.9. The number of nitrogens with zero attached hydrogens (tertiary/aromatic N) is 6. The molecule has 0 spiro atoms. The standard InChI is InChI=1S/C43H45Cl2FN6O5/c1-23-18-31(50(19-25-8-13-28(54-6)14-9-25)20-26-10-15-29(55-7)16-11-26)49-37(34(23)44)32-35(45)40-33-38(36(32)46)47-22-48-41(33)51-21-27-12-17-30(39(51)24(2)56-40)52(27)42(53)57-43(3,4)5/h8-11,13-16,18,22,24,27,30,39H,12,17,19-21H2,1-7H3/t24-,27+,30-,39+/m0/s1. The molecule has 14 heteroatoms. The third-order valence-corrected chi connectivity index (χ3v) is 11.9. The van der Waals surface area contributed by atoms with Gasteiger partial charge in [-0.2, -0.15) is 0 Å². The van der Waals surface area contributed by atoms with Crippen molar-refractivity contribution in [2.24, 2.45) is 0 Å². The normalized spacial score (nSPS) is 19.8. The fourth-order valence-electron chi connectivity index (χ4n) is 8.45. The first-order valence-electron chi connectivity index (χ1n) is 19.0. The summed E-state index contributed by atoms with van der Waals surface area (Å²) >= 11 is 14.4. The number of piperazine rings is 1. The number of hydrogen-bond acceptors (Lipinski definition) is 10. The van der Waals surface area contributed by atoms with Gasteiger partial charge >= 0.3 is 6.09 Å². The molecule has 8 rings (SSSR count). The molecule has 0 unspecified atom stereocenters. The van der Waals surface area contributed by atoms with Gasteiger partial charge in [-0.25, -0.2) is 24.1 Å². The number of carbonyl (C=O) groups excluding carboxylic acids is 1. The van der Waals surface area contributed by atoms with E-state index in [1.54, 1.807) is 14.2 Å². The van der Waals surface area contributed by atoms with Gasteiger partial charge in [0.25, 0.3) is 0 Å². The number of benzene rings is 3. The first-order chi connectivity index (χ1) is 27.3. The lowest BCUT2D eigenvalue weighted by molar-refractivity contribution is 0.00116. The molecule has 2 bridgehead atoms. The van der Waals surface area contributed by atoms with Crippen molar-refractivity contribution in [3.05, 3.63) is 93.5 Å². The predicted molar refractivity (Wildman–Crippen MR) is 219 cm³/mol. The predicted octanol–water partition coefficient (Wildman–Crippen LogP) is 9.41. The maximum Gasteiger partial charge on any atom is 0.410 e. The van der Waals surface area contributed by atoms with E-state index in [9.17, 15) is 4.79 Å². The molecule has 57 heavy (non-hydrogen) atoms. The molecule has 0 radical (unpaired) electrons. The Morgan fingerprint density at radius 2 is 1.60 bits per heavy atom. The van der Waals surface area contributed by atoms with Gasteiger partial charge in [0, 0.05) is 19.6 Å². The zero-order valence-electron chi connectivity index (χ0n) is 33.0. The fraction of sp³-hybridized carbons (Fsp3) is 0.395. The van der Waals surface area contributed by atoms with E-state index in [1.165, 1.54) is 6.33 Å². The van der Waals surface area contributed by atoms with Crippen LogP contribution in [0, 0.1) is 12.7 Å². The number of fused-ring (bicyclic) bond motifs is 5. The van der Waals surface area contributed by atoms with Crippen molar-refractivity contribution in [1.29, 1.82) is 0 Å². The molecule has 1 amide bonds. The number of hydrogen-bond donors (Lipinski definition) is 0. The van der Waals surface area contributed by atoms with Gasteiger partial charge in [-0.15, -0.1) is 0 Å². The van der Waals surface area contributed by atoms with Gasteiger partial charge in [0.05, 0.1) is 59.0 Å². The van der Waals surface area contributed by atoms with E-state index >= 15 is 4.39 Å². The average molecular weight is 816 g/mol. The third kappa shape index (κ3) is 7.11. The molecule has 5 aromatic rings. The minimum Gasteiger partial charge on any atom is -0.497 e. The molecule has 5 heterocycles. The SMILES string of the molecule is COc1ccc(CN(Cc2ccc(OC)cc2)c2cc(C)c(Cl)c(-c3c(Cl)c4c5c(ncnc5c3F)N3C[C@H]5CC[C@@H]([C@H]3[C@H](C)O4)N5C(=O)OC(C)(C)C)n2)cc1. The van der Waals surface area contributed by atoms with Crippen molar-refractivity contribution in [2.75, 3.05) is 30.6 Å². The molecule has 11 nitrogen and oxygen atoms in total. The summed E-state index contributed by atoms with van der Waals surface area (Å²) < 4.78 is 40.7. The van der Waals surface area contributed by atoms with Crippen molar-refractivity contribution in [3.63, 3.8) is 0 Å². The summed E-state index contributed by atoms with van der Waals surface area (Å²) in [6.07, 6.45) is 2.07. The van der Waals surface area contributed by atoms with Crippen LogP contribution in [0.15, 0.2) is 60.9 Å². The monoisotopic (exact) mass is 814 g/mol. The van der Waals surface area contributed by atoms with Crippen LogP contribution in [0.3, 0.4) is 0 Å². The van der Waals surface area contributed by atoms with Crippen LogP contribution in [-0.2, 0) is 17.8 Å². The Kier molecular flexibility index (Phi) is 10.2. The largest absolute Gasteiger partial charge is 0.497 e. The van der Waals surface area contributed by atoms with Crippen molar-refractivity contribution >= 4 is 51.8 Å². The smallest absolute Gasteiger partial charge is 0.410 e. The number of methoxy groups -OCH3 is 2. The van der Waals surface area contributed by atoms with Crippen LogP contribution in [0.5, 0.6) is 17.2 Å². The lowest BCUT2D eigenvalue weighted by atomic mass is 9.98. The van der Waals surface area contributed by atoms with Crippen LogP contribution >= 0.6 is 23.2 Å². The summed E-state index contributed by atoms with van der Waals surface area (Å²) in [6.45, 7) is 10.8. The number of aromatic nitrogens is 3. The number of aryl methyl sites for hydroxylation is 1. The summed E-state index contributed by atoms with van der Waals surface area (Å²) in [5.41, 5.74) is 2.24. The Hall–Kier alpha value is -5.07. The van der Waals surface area contributed by atoms with Gasteiger partial charge in [0.15, 0.2) is 11.6 Å².